The average molecular weight is 207 g/mol. The standard InChI is InChI=1S/C11H13NO3/c1-7(14)8-2-3-11-10(4-8)12-9(5-13)6-15-11/h2-4,9,12-13H,5-6H2,1H3. The molecule has 0 amide bonds. The largest absolute Gasteiger partial charge is 0.489 e. The molecule has 0 aliphatic carbocycles. The Labute approximate surface area is 87.9 Å². The zero-order chi connectivity index (χ0) is 10.8. The van der Waals surface area contributed by atoms with Crippen LogP contribution in [0.2, 0.25) is 0 Å². The van der Waals surface area contributed by atoms with Gasteiger partial charge >= 0.3 is 0 Å². The lowest BCUT2D eigenvalue weighted by molar-refractivity contribution is 0.101. The molecule has 4 nitrogen and oxygen atoms in total. The predicted octanol–water partition coefficient (Wildman–Crippen LogP) is 1.05. The second kappa shape index (κ2) is 3.90. The van der Waals surface area contributed by atoms with E-state index in [0.29, 0.717) is 12.2 Å². The number of rotatable bonds is 2. The van der Waals surface area contributed by atoms with Gasteiger partial charge in [0.15, 0.2) is 5.78 Å². The lowest BCUT2D eigenvalue weighted by atomic mass is 10.1. The Bertz CT molecular complexity index is 389. The molecule has 0 aromatic heterocycles. The van der Waals surface area contributed by atoms with Crippen LogP contribution in [0.3, 0.4) is 0 Å². The molecule has 0 saturated carbocycles. The number of benzene rings is 1. The normalized spacial score (nSPS) is 18.7. The fourth-order valence-electron chi connectivity index (χ4n) is 1.54. The van der Waals surface area contributed by atoms with E-state index >= 15 is 0 Å². The molecule has 1 aliphatic rings. The molecule has 1 heterocycles. The predicted molar refractivity (Wildman–Crippen MR) is 56.4 cm³/mol. The van der Waals surface area contributed by atoms with E-state index in [-0.39, 0.29) is 18.4 Å². The third-order valence-corrected chi connectivity index (χ3v) is 2.41. The summed E-state index contributed by atoms with van der Waals surface area (Å²) < 4.78 is 5.43. The van der Waals surface area contributed by atoms with Gasteiger partial charge in [-0.05, 0) is 25.1 Å². The van der Waals surface area contributed by atoms with Crippen LogP contribution in [0.15, 0.2) is 18.2 Å². The van der Waals surface area contributed by atoms with Gasteiger partial charge in [0, 0.05) is 5.56 Å². The SMILES string of the molecule is CC(=O)c1ccc2c(c1)NC(CO)CO2. The molecule has 0 bridgehead atoms. The van der Waals surface area contributed by atoms with Gasteiger partial charge in [-0.1, -0.05) is 0 Å². The molecule has 1 atom stereocenters. The number of hydrogen-bond donors (Lipinski definition) is 2. The summed E-state index contributed by atoms with van der Waals surface area (Å²) in [5.74, 6) is 0.746. The maximum atomic E-state index is 11.2. The summed E-state index contributed by atoms with van der Waals surface area (Å²) in [5, 5.41) is 12.1. The maximum absolute atomic E-state index is 11.2. The Balaban J connectivity index is 2.30. The minimum atomic E-state index is -0.0975. The molecule has 1 aromatic rings. The monoisotopic (exact) mass is 207 g/mol. The number of carbonyl (C=O) groups excluding carboxylic acids is 1. The average Bonchev–Trinajstić information content (AvgIpc) is 2.27. The number of nitrogens with one attached hydrogen (secondary N) is 1. The van der Waals surface area contributed by atoms with Crippen LogP contribution in [0.1, 0.15) is 17.3 Å². The lowest BCUT2D eigenvalue weighted by Gasteiger charge is -2.26. The highest BCUT2D eigenvalue weighted by Crippen LogP contribution is 2.29. The van der Waals surface area contributed by atoms with Gasteiger partial charge in [0.25, 0.3) is 0 Å². The van der Waals surface area contributed by atoms with Crippen molar-refractivity contribution in [1.29, 1.82) is 0 Å². The second-order valence-corrected chi connectivity index (χ2v) is 3.60. The molecule has 2 rings (SSSR count). The summed E-state index contributed by atoms with van der Waals surface area (Å²) in [5.41, 5.74) is 1.41. The first-order valence-electron chi connectivity index (χ1n) is 4.86. The van der Waals surface area contributed by atoms with Crippen molar-refractivity contribution in [3.63, 3.8) is 0 Å². The van der Waals surface area contributed by atoms with Crippen molar-refractivity contribution in [3.8, 4) is 5.75 Å². The van der Waals surface area contributed by atoms with Gasteiger partial charge in [-0.25, -0.2) is 0 Å². The van der Waals surface area contributed by atoms with Crippen LogP contribution in [0, 0.1) is 0 Å². The molecule has 80 valence electrons. The van der Waals surface area contributed by atoms with Crippen LogP contribution < -0.4 is 10.1 Å². The third-order valence-electron chi connectivity index (χ3n) is 2.41. The van der Waals surface area contributed by atoms with Gasteiger partial charge in [0.1, 0.15) is 12.4 Å². The van der Waals surface area contributed by atoms with Gasteiger partial charge in [-0.2, -0.15) is 0 Å². The Morgan fingerprint density at radius 2 is 2.47 bits per heavy atom. The first-order chi connectivity index (χ1) is 7.20. The van der Waals surface area contributed by atoms with Crippen molar-refractivity contribution < 1.29 is 14.6 Å². The fraction of sp³-hybridized carbons (Fsp3) is 0.364. The lowest BCUT2D eigenvalue weighted by Crippen LogP contribution is -2.34. The molecule has 1 aromatic carbocycles. The Morgan fingerprint density at radius 3 is 3.13 bits per heavy atom. The highest BCUT2D eigenvalue weighted by molar-refractivity contribution is 5.95. The van der Waals surface area contributed by atoms with Crippen LogP contribution in [0.5, 0.6) is 5.75 Å². The van der Waals surface area contributed by atoms with Crippen molar-refractivity contribution in [1.82, 2.24) is 0 Å². The van der Waals surface area contributed by atoms with E-state index in [2.05, 4.69) is 5.32 Å². The summed E-state index contributed by atoms with van der Waals surface area (Å²) in [6.07, 6.45) is 0. The summed E-state index contributed by atoms with van der Waals surface area (Å²) in [6, 6.07) is 5.16. The molecule has 0 spiro atoms. The number of fused-ring (bicyclic) bond motifs is 1. The van der Waals surface area contributed by atoms with E-state index in [1.807, 2.05) is 0 Å². The van der Waals surface area contributed by atoms with E-state index in [1.165, 1.54) is 6.92 Å². The fourth-order valence-corrected chi connectivity index (χ4v) is 1.54. The first-order valence-corrected chi connectivity index (χ1v) is 4.86. The number of aliphatic hydroxyl groups is 1. The van der Waals surface area contributed by atoms with Crippen molar-refractivity contribution in [3.05, 3.63) is 23.8 Å². The number of hydrogen-bond acceptors (Lipinski definition) is 4. The van der Waals surface area contributed by atoms with E-state index in [4.69, 9.17) is 9.84 Å². The first kappa shape index (κ1) is 9.98. The molecule has 0 radical (unpaired) electrons. The smallest absolute Gasteiger partial charge is 0.159 e. The number of aliphatic hydroxyl groups excluding tert-OH is 1. The molecule has 1 unspecified atom stereocenters. The molecule has 2 N–H and O–H groups in total. The summed E-state index contributed by atoms with van der Waals surface area (Å²) in [6.45, 7) is 1.99. The van der Waals surface area contributed by atoms with Crippen molar-refractivity contribution in [2.45, 2.75) is 13.0 Å². The van der Waals surface area contributed by atoms with Crippen LogP contribution in [0.4, 0.5) is 5.69 Å². The molecule has 1 aliphatic heterocycles. The highest BCUT2D eigenvalue weighted by Gasteiger charge is 2.18. The van der Waals surface area contributed by atoms with Gasteiger partial charge in [0.05, 0.1) is 18.3 Å². The van der Waals surface area contributed by atoms with Crippen LogP contribution in [-0.4, -0.2) is 30.1 Å². The van der Waals surface area contributed by atoms with Gasteiger partial charge in [-0.3, -0.25) is 4.79 Å². The number of ether oxygens (including phenoxy) is 1. The van der Waals surface area contributed by atoms with Crippen LogP contribution in [-0.2, 0) is 0 Å². The molecule has 0 fully saturated rings. The number of Topliss-reactive ketones (excluding diaryl/α,β-unsaturated/α-hetero) is 1. The Kier molecular flexibility index (Phi) is 2.60. The minimum absolute atomic E-state index is 0.0176. The Hall–Kier alpha value is -1.55. The van der Waals surface area contributed by atoms with Crippen molar-refractivity contribution in [2.75, 3.05) is 18.5 Å². The molecular formula is C11H13NO3. The van der Waals surface area contributed by atoms with E-state index in [9.17, 15) is 4.79 Å². The topological polar surface area (TPSA) is 58.6 Å². The summed E-state index contributed by atoms with van der Waals surface area (Å²) in [7, 11) is 0. The number of carbonyl (C=O) groups is 1. The van der Waals surface area contributed by atoms with Gasteiger partial charge in [-0.15, -0.1) is 0 Å². The minimum Gasteiger partial charge on any atom is -0.489 e. The van der Waals surface area contributed by atoms with Gasteiger partial charge < -0.3 is 15.2 Å². The number of anilines is 1. The summed E-state index contributed by atoms with van der Waals surface area (Å²) in [4.78, 5) is 11.2. The quantitative estimate of drug-likeness (QED) is 0.712. The molecular weight excluding hydrogens is 194 g/mol. The number of ketones is 1. The Morgan fingerprint density at radius 1 is 1.67 bits per heavy atom. The zero-order valence-electron chi connectivity index (χ0n) is 8.49. The van der Waals surface area contributed by atoms with Crippen LogP contribution in [0.25, 0.3) is 0 Å². The van der Waals surface area contributed by atoms with Crippen molar-refractivity contribution >= 4 is 11.5 Å². The second-order valence-electron chi connectivity index (χ2n) is 3.60. The molecule has 15 heavy (non-hydrogen) atoms. The van der Waals surface area contributed by atoms with Crippen LogP contribution >= 0.6 is 0 Å². The third kappa shape index (κ3) is 1.94. The molecule has 4 heteroatoms. The maximum Gasteiger partial charge on any atom is 0.159 e. The zero-order valence-corrected chi connectivity index (χ0v) is 8.49. The van der Waals surface area contributed by atoms with E-state index < -0.39 is 0 Å². The van der Waals surface area contributed by atoms with Crippen molar-refractivity contribution in [2.24, 2.45) is 0 Å². The molecule has 0 saturated heterocycles. The van der Waals surface area contributed by atoms with E-state index in [1.54, 1.807) is 18.2 Å². The summed E-state index contributed by atoms with van der Waals surface area (Å²) >= 11 is 0. The highest BCUT2D eigenvalue weighted by atomic mass is 16.5. The van der Waals surface area contributed by atoms with E-state index in [0.717, 1.165) is 11.4 Å². The van der Waals surface area contributed by atoms with Gasteiger partial charge in [0.2, 0.25) is 0 Å².